The van der Waals surface area contributed by atoms with Crippen molar-refractivity contribution >= 4 is 75.8 Å². The minimum Gasteiger partial charge on any atom is -0.380 e. The highest BCUT2D eigenvalue weighted by Gasteiger charge is 2.20. The maximum absolute atomic E-state index is 14.5. The number of benzene rings is 12. The lowest BCUT2D eigenvalue weighted by molar-refractivity contribution is -0.0987. The van der Waals surface area contributed by atoms with Gasteiger partial charge in [-0.25, -0.2) is 26.3 Å². The van der Waals surface area contributed by atoms with E-state index in [1.54, 1.807) is 121 Å². The molecule has 0 amide bonds. The van der Waals surface area contributed by atoms with Crippen molar-refractivity contribution in [1.29, 1.82) is 0 Å². The summed E-state index contributed by atoms with van der Waals surface area (Å²) in [6, 6.07) is 58.0. The number of aryl methyl sites for hydroxylation is 8. The van der Waals surface area contributed by atoms with E-state index in [9.17, 15) is 26.3 Å². The van der Waals surface area contributed by atoms with Gasteiger partial charge in [0.1, 0.15) is 55.3 Å². The van der Waals surface area contributed by atoms with Crippen molar-refractivity contribution in [1.82, 2.24) is 0 Å². The van der Waals surface area contributed by atoms with Crippen LogP contribution in [-0.4, -0.2) is 84.4 Å². The van der Waals surface area contributed by atoms with Gasteiger partial charge in [-0.2, -0.15) is 0 Å². The lowest BCUT2D eigenvalue weighted by Crippen LogP contribution is -1.99. The quantitative estimate of drug-likeness (QED) is 0.0313. The molecule has 0 saturated carbocycles. The first kappa shape index (κ1) is 116. The van der Waals surface area contributed by atoms with Crippen LogP contribution >= 0.6 is 55.4 Å². The average Bonchev–Trinajstić information content (AvgIpc) is 0.829. The van der Waals surface area contributed by atoms with E-state index in [-0.39, 0.29) is 34.9 Å². The van der Waals surface area contributed by atoms with E-state index in [0.29, 0.717) is 92.8 Å². The Bertz CT molecular complexity index is 5630. The van der Waals surface area contributed by atoms with E-state index in [1.165, 1.54) is 33.4 Å². The zero-order valence-electron chi connectivity index (χ0n) is 79.7. The van der Waals surface area contributed by atoms with Crippen molar-refractivity contribution in [3.05, 3.63) is 350 Å². The Hall–Kier alpha value is -8.55. The normalized spacial score (nSPS) is 10.5. The van der Waals surface area contributed by atoms with Gasteiger partial charge in [0.2, 0.25) is 0 Å². The fourth-order valence-corrected chi connectivity index (χ4v) is 17.0. The summed E-state index contributed by atoms with van der Waals surface area (Å²) in [4.78, 5) is 24.0. The molecule has 12 rings (SSSR count). The predicted octanol–water partition coefficient (Wildman–Crippen LogP) is 26.7. The van der Waals surface area contributed by atoms with Crippen molar-refractivity contribution in [2.75, 3.05) is 64.0 Å². The maximum Gasteiger partial charge on any atom is 0.131 e. The highest BCUT2D eigenvalue weighted by Crippen LogP contribution is 2.38. The van der Waals surface area contributed by atoms with Gasteiger partial charge >= 0.3 is 0 Å². The van der Waals surface area contributed by atoms with Crippen LogP contribution in [0.5, 0.6) is 0 Å². The molecule has 0 saturated heterocycles. The van der Waals surface area contributed by atoms with Crippen LogP contribution in [0.25, 0.3) is 66.8 Å². The molecule has 0 spiro atoms. The van der Waals surface area contributed by atoms with Gasteiger partial charge in [0.15, 0.2) is 0 Å². The molecule has 132 heavy (non-hydrogen) atoms. The van der Waals surface area contributed by atoms with Crippen LogP contribution < -0.4 is 0 Å². The van der Waals surface area contributed by atoms with Gasteiger partial charge in [0, 0.05) is 80.7 Å². The summed E-state index contributed by atoms with van der Waals surface area (Å²) < 4.78 is 132. The molecule has 0 radical (unpaired) electrons. The lowest BCUT2D eigenvalue weighted by atomic mass is 9.93. The summed E-state index contributed by atoms with van der Waals surface area (Å²) in [7, 11) is 31.2. The summed E-state index contributed by atoms with van der Waals surface area (Å²) in [6.45, 7) is 27.5. The third-order valence-corrected chi connectivity index (χ3v) is 24.5. The molecule has 0 aromatic heterocycles. The van der Waals surface area contributed by atoms with Crippen molar-refractivity contribution in [3.8, 4) is 66.8 Å². The summed E-state index contributed by atoms with van der Waals surface area (Å²) >= 11 is 0. The molecule has 708 valence electrons. The molecule has 12 nitrogen and oxygen atoms in total. The minimum atomic E-state index is -0.215. The number of methoxy groups -OCH3 is 9. The highest BCUT2D eigenvalue weighted by atomic mass is 31.0. The number of ether oxygens (including phenoxy) is 9. The fraction of sp³-hybridized carbons (Fsp3) is 0.306. The molecule has 0 N–H and O–H groups in total. The largest absolute Gasteiger partial charge is 0.380 e. The molecular weight excluding hydrogens is 1790 g/mol. The van der Waals surface area contributed by atoms with Crippen molar-refractivity contribution in [2.24, 2.45) is 0 Å². The molecule has 6 unspecified atom stereocenters. The van der Waals surface area contributed by atoms with Gasteiger partial charge in [0.05, 0.1) is 59.5 Å². The van der Waals surface area contributed by atoms with Gasteiger partial charge < -0.3 is 57.0 Å². The van der Waals surface area contributed by atoms with Crippen molar-refractivity contribution in [2.45, 2.75) is 159 Å². The molecule has 12 aromatic carbocycles. The van der Waals surface area contributed by atoms with E-state index in [1.807, 2.05) is 147 Å². The number of halogens is 6. The predicted molar refractivity (Wildman–Crippen MR) is 552 cm³/mol. The van der Waals surface area contributed by atoms with Crippen LogP contribution in [0, 0.1) is 97.2 Å². The van der Waals surface area contributed by atoms with E-state index in [0.717, 1.165) is 170 Å². The second-order valence-corrected chi connectivity index (χ2v) is 33.5. The molecule has 0 fully saturated rings. The second kappa shape index (κ2) is 61.4. The average molecular weight is 1920 g/mol. The first-order valence-corrected chi connectivity index (χ1v) is 47.3. The topological polar surface area (TPSA) is 134 Å². The SMILES string of the molecule is C=O.C=O.C=O.COCc1cc(-c2c(C)cc(C)cc2F)ccc1CP.COCc1cc(-c2cc(F)c(C)cc2C)ccc1CP.COCc1cc(-c2ccc(CP)c(COC)c2)c(F)cc1C.COCc1cc(-c2ccc(CP)cc2COC)c(F)cc1C.COCc1cc(CP)ccc1-c1cc(F)c(C)c(COC)c1.COCc1cc(CP)ccc1-c1cc(F)c(C)cc1C. The Morgan fingerprint density at radius 2 is 0.538 bits per heavy atom. The monoisotopic (exact) mass is 1920 g/mol. The first-order valence-electron chi connectivity index (χ1n) is 42.4. The molecule has 6 atom stereocenters. The Morgan fingerprint density at radius 1 is 0.212 bits per heavy atom. The summed E-state index contributed by atoms with van der Waals surface area (Å²) in [5.41, 5.74) is 34.9. The van der Waals surface area contributed by atoms with Gasteiger partial charge in [-0.15, -0.1) is 55.4 Å². The summed E-state index contributed by atoms with van der Waals surface area (Å²) in [5.74, 6) is -1.11. The van der Waals surface area contributed by atoms with E-state index in [4.69, 9.17) is 57.0 Å². The van der Waals surface area contributed by atoms with Crippen LogP contribution in [0.1, 0.15) is 134 Å². The molecule has 0 bridgehead atoms. The molecule has 0 aliphatic carbocycles. The van der Waals surface area contributed by atoms with E-state index < -0.39 is 0 Å². The Balaban J connectivity index is 0.000000327. The molecule has 0 aliphatic heterocycles. The van der Waals surface area contributed by atoms with Crippen LogP contribution in [0.2, 0.25) is 0 Å². The molecule has 0 aliphatic rings. The number of rotatable bonds is 30. The third-order valence-electron chi connectivity index (χ3n) is 21.7. The molecule has 12 aromatic rings. The summed E-state index contributed by atoms with van der Waals surface area (Å²) in [5, 5.41) is 0. The first-order chi connectivity index (χ1) is 63.5. The van der Waals surface area contributed by atoms with Gasteiger partial charge in [0.25, 0.3) is 0 Å². The molecular formula is C108H132F6O12P6. The van der Waals surface area contributed by atoms with Gasteiger partial charge in [-0.1, -0.05) is 109 Å². The Kier molecular flexibility index (Phi) is 53.9. The van der Waals surface area contributed by atoms with Crippen LogP contribution in [0.15, 0.2) is 182 Å². The number of carbonyl (C=O) groups is 3. The third kappa shape index (κ3) is 33.8. The zero-order valence-corrected chi connectivity index (χ0v) is 86.6. The van der Waals surface area contributed by atoms with E-state index in [2.05, 4.69) is 116 Å². The smallest absolute Gasteiger partial charge is 0.131 e. The maximum atomic E-state index is 14.5. The second-order valence-electron chi connectivity index (χ2n) is 31.1. The Labute approximate surface area is 794 Å². The molecule has 0 heterocycles. The van der Waals surface area contributed by atoms with Crippen LogP contribution in [0.4, 0.5) is 26.3 Å². The van der Waals surface area contributed by atoms with Crippen LogP contribution in [-0.2, 0) is 153 Å². The number of carbonyl (C=O) groups excluding carboxylic acids is 3. The van der Waals surface area contributed by atoms with Crippen molar-refractivity contribution in [3.63, 3.8) is 0 Å². The standard InChI is InChI=1S/3C18H22FO2P.3C17H20FOP.3CH2O/c1-12-15(9-20-2)7-14(8-18(12)19)17-5-4-13(11-22)6-16(17)10-21-3;1-12-6-18(19)17(8-15(12)9-20-2)13-4-5-14(11-22)16(7-13)10-21-3;1-12-6-18(19)17(8-14(12)9-20-2)16-5-4-13(11-22)7-15(16)10-21-3;1-11-6-12(2)17(18)8-16(11)13-4-5-14(10-20)15(7-13)9-19-3;1-11-6-12(2)17(18)8-16(11)15-5-4-13(10-20)7-14(15)9-19-3;1-11-6-12(2)17(16(18)7-11)13-4-5-14(10-20)15(8-13)9-19-3;3*1-2/h3*4-8H,9-11,22H2,1-3H3;3*4-8H,9-10,20H2,1-3H3;3*1H2. The lowest BCUT2D eigenvalue weighted by Gasteiger charge is -2.14. The zero-order chi connectivity index (χ0) is 98.4. The Morgan fingerprint density at radius 3 is 0.939 bits per heavy atom. The van der Waals surface area contributed by atoms with Gasteiger partial charge in [-0.3, -0.25) is 0 Å². The van der Waals surface area contributed by atoms with Crippen molar-refractivity contribution < 1.29 is 83.4 Å². The van der Waals surface area contributed by atoms with E-state index >= 15 is 0 Å². The highest BCUT2D eigenvalue weighted by molar-refractivity contribution is 7.16. The van der Waals surface area contributed by atoms with Crippen LogP contribution in [0.3, 0.4) is 0 Å². The fourth-order valence-electron chi connectivity index (χ4n) is 15.0. The minimum absolute atomic E-state index is 0.158. The number of hydrogen-bond donors (Lipinski definition) is 0. The van der Waals surface area contributed by atoms with Gasteiger partial charge in [-0.05, 0) is 356 Å². The molecule has 24 heteroatoms. The number of hydrogen-bond acceptors (Lipinski definition) is 12. The summed E-state index contributed by atoms with van der Waals surface area (Å²) in [6.07, 6.45) is 5.26.